The van der Waals surface area contributed by atoms with Gasteiger partial charge in [-0.15, -0.1) is 0 Å². The van der Waals surface area contributed by atoms with Crippen LogP contribution in [0.25, 0.3) is 22.2 Å². The Balaban J connectivity index is 1.45. The smallest absolute Gasteiger partial charge is 0.0795 e. The largest absolute Gasteiger partial charge is 0.380 e. The van der Waals surface area contributed by atoms with Crippen LogP contribution in [0.5, 0.6) is 0 Å². The molecule has 1 saturated heterocycles. The van der Waals surface area contributed by atoms with Crippen LogP contribution in [-0.2, 0) is 0 Å². The Labute approximate surface area is 147 Å². The maximum Gasteiger partial charge on any atom is 0.0795 e. The average Bonchev–Trinajstić information content (AvgIpc) is 3.19. The fourth-order valence-electron chi connectivity index (χ4n) is 4.04. The molecule has 124 valence electrons. The van der Waals surface area contributed by atoms with Crippen molar-refractivity contribution in [2.24, 2.45) is 5.92 Å². The number of fused-ring (bicyclic) bond motifs is 2. The molecule has 0 aliphatic carbocycles. The highest BCUT2D eigenvalue weighted by atomic mass is 15.2. The average molecular weight is 328 g/mol. The van der Waals surface area contributed by atoms with Crippen molar-refractivity contribution >= 4 is 16.6 Å². The van der Waals surface area contributed by atoms with E-state index in [2.05, 4.69) is 64.4 Å². The van der Waals surface area contributed by atoms with Crippen LogP contribution in [0.1, 0.15) is 0 Å². The van der Waals surface area contributed by atoms with Gasteiger partial charge >= 0.3 is 0 Å². The van der Waals surface area contributed by atoms with Crippen molar-refractivity contribution < 1.29 is 0 Å². The van der Waals surface area contributed by atoms with E-state index in [0.29, 0.717) is 5.92 Å². The Hall–Kier alpha value is -2.88. The first-order valence-corrected chi connectivity index (χ1v) is 8.74. The molecule has 0 amide bonds. The van der Waals surface area contributed by atoms with E-state index in [4.69, 9.17) is 4.98 Å². The van der Waals surface area contributed by atoms with Gasteiger partial charge in [-0.2, -0.15) is 0 Å². The van der Waals surface area contributed by atoms with Gasteiger partial charge in [0.2, 0.25) is 0 Å². The normalized spacial score (nSPS) is 19.4. The van der Waals surface area contributed by atoms with Gasteiger partial charge in [-0.05, 0) is 23.8 Å². The number of para-hydroxylation sites is 1. The zero-order valence-electron chi connectivity index (χ0n) is 14.3. The first-order chi connectivity index (χ1) is 12.3. The highest BCUT2D eigenvalue weighted by Gasteiger charge is 2.32. The Morgan fingerprint density at radius 2 is 1.92 bits per heavy atom. The summed E-state index contributed by atoms with van der Waals surface area (Å²) < 4.78 is 0. The van der Waals surface area contributed by atoms with Gasteiger partial charge in [0.15, 0.2) is 0 Å². The van der Waals surface area contributed by atoms with E-state index in [1.54, 1.807) is 5.57 Å². The van der Waals surface area contributed by atoms with Crippen LogP contribution in [0.4, 0.5) is 5.69 Å². The summed E-state index contributed by atoms with van der Waals surface area (Å²) >= 11 is 0. The number of pyridine rings is 2. The SMILES string of the molecule is CN1C=C2CN(c3ccc(-c4cccc5cccnc45)nc3)CC2C1. The van der Waals surface area contributed by atoms with E-state index >= 15 is 0 Å². The quantitative estimate of drug-likeness (QED) is 0.720. The minimum atomic E-state index is 0.673. The summed E-state index contributed by atoms with van der Waals surface area (Å²) in [5.74, 6) is 0.673. The molecule has 0 N–H and O–H groups in total. The zero-order chi connectivity index (χ0) is 16.8. The molecule has 25 heavy (non-hydrogen) atoms. The molecule has 3 aromatic rings. The molecular weight excluding hydrogens is 308 g/mol. The van der Waals surface area contributed by atoms with Crippen LogP contribution in [0.2, 0.25) is 0 Å². The standard InChI is InChI=1S/C21H20N4/c1-24-11-16-13-25(14-17(16)12-24)18-7-8-20(23-10-18)19-6-2-4-15-5-3-9-22-21(15)19/h2-11,17H,12-14H2,1H3. The minimum Gasteiger partial charge on any atom is -0.380 e. The number of aromatic nitrogens is 2. The van der Waals surface area contributed by atoms with Gasteiger partial charge in [0.25, 0.3) is 0 Å². The molecule has 1 aromatic carbocycles. The molecule has 4 heteroatoms. The van der Waals surface area contributed by atoms with Crippen molar-refractivity contribution in [2.75, 3.05) is 31.6 Å². The van der Waals surface area contributed by atoms with Crippen LogP contribution < -0.4 is 4.90 Å². The van der Waals surface area contributed by atoms with Crippen LogP contribution >= 0.6 is 0 Å². The molecule has 1 fully saturated rings. The third-order valence-corrected chi connectivity index (χ3v) is 5.25. The van der Waals surface area contributed by atoms with Gasteiger partial charge in [-0.3, -0.25) is 9.97 Å². The van der Waals surface area contributed by atoms with Gasteiger partial charge in [0, 0.05) is 55.9 Å². The second-order valence-corrected chi connectivity index (χ2v) is 7.00. The monoisotopic (exact) mass is 328 g/mol. The number of hydrogen-bond acceptors (Lipinski definition) is 4. The van der Waals surface area contributed by atoms with Crippen molar-refractivity contribution in [1.82, 2.24) is 14.9 Å². The van der Waals surface area contributed by atoms with Crippen molar-refractivity contribution in [3.63, 3.8) is 0 Å². The number of anilines is 1. The van der Waals surface area contributed by atoms with Gasteiger partial charge in [0.1, 0.15) is 0 Å². The van der Waals surface area contributed by atoms with Crippen molar-refractivity contribution in [2.45, 2.75) is 0 Å². The molecule has 0 spiro atoms. The molecule has 0 radical (unpaired) electrons. The van der Waals surface area contributed by atoms with E-state index in [9.17, 15) is 0 Å². The van der Waals surface area contributed by atoms with E-state index < -0.39 is 0 Å². The first kappa shape index (κ1) is 14.5. The second kappa shape index (κ2) is 5.59. The summed E-state index contributed by atoms with van der Waals surface area (Å²) in [6.45, 7) is 3.25. The summed E-state index contributed by atoms with van der Waals surface area (Å²) in [6, 6.07) is 14.6. The summed E-state index contributed by atoms with van der Waals surface area (Å²) in [5.41, 5.74) is 5.83. The summed E-state index contributed by atoms with van der Waals surface area (Å²) in [7, 11) is 2.16. The minimum absolute atomic E-state index is 0.673. The molecular formula is C21H20N4. The lowest BCUT2D eigenvalue weighted by molar-refractivity contribution is 0.442. The van der Waals surface area contributed by atoms with Crippen molar-refractivity contribution in [1.29, 1.82) is 0 Å². The number of hydrogen-bond donors (Lipinski definition) is 0. The molecule has 0 bridgehead atoms. The van der Waals surface area contributed by atoms with Crippen molar-refractivity contribution in [3.05, 3.63) is 66.6 Å². The van der Waals surface area contributed by atoms with Crippen LogP contribution in [0.3, 0.4) is 0 Å². The van der Waals surface area contributed by atoms with Gasteiger partial charge in [-0.25, -0.2) is 0 Å². The second-order valence-electron chi connectivity index (χ2n) is 7.00. The Bertz CT molecular complexity index is 956. The molecule has 0 saturated carbocycles. The maximum absolute atomic E-state index is 4.74. The van der Waals surface area contributed by atoms with Crippen LogP contribution in [0, 0.1) is 5.92 Å². The summed E-state index contributed by atoms with van der Waals surface area (Å²) in [6.07, 6.45) is 6.14. The third kappa shape index (κ3) is 2.45. The molecule has 1 atom stereocenters. The molecule has 2 aliphatic heterocycles. The molecule has 2 aliphatic rings. The predicted molar refractivity (Wildman–Crippen MR) is 101 cm³/mol. The predicted octanol–water partition coefficient (Wildman–Crippen LogP) is 3.56. The van der Waals surface area contributed by atoms with Gasteiger partial charge in [0.05, 0.1) is 23.1 Å². The van der Waals surface area contributed by atoms with E-state index in [1.165, 1.54) is 5.69 Å². The van der Waals surface area contributed by atoms with Crippen LogP contribution in [0.15, 0.2) is 66.6 Å². The Kier molecular flexibility index (Phi) is 3.23. The van der Waals surface area contributed by atoms with Crippen LogP contribution in [-0.4, -0.2) is 41.5 Å². The van der Waals surface area contributed by atoms with Gasteiger partial charge < -0.3 is 9.80 Å². The molecule has 5 rings (SSSR count). The molecule has 4 nitrogen and oxygen atoms in total. The number of benzene rings is 1. The topological polar surface area (TPSA) is 32.3 Å². The van der Waals surface area contributed by atoms with E-state index in [0.717, 1.165) is 41.8 Å². The zero-order valence-corrected chi connectivity index (χ0v) is 14.3. The molecule has 1 unspecified atom stereocenters. The fourth-order valence-corrected chi connectivity index (χ4v) is 4.04. The lowest BCUT2D eigenvalue weighted by atomic mass is 10.1. The van der Waals surface area contributed by atoms with Gasteiger partial charge in [-0.1, -0.05) is 24.3 Å². The highest BCUT2D eigenvalue weighted by Crippen LogP contribution is 2.33. The van der Waals surface area contributed by atoms with E-state index in [-0.39, 0.29) is 0 Å². The summed E-state index contributed by atoms with van der Waals surface area (Å²) in [4.78, 5) is 14.0. The Morgan fingerprint density at radius 3 is 2.76 bits per heavy atom. The maximum atomic E-state index is 4.74. The Morgan fingerprint density at radius 1 is 1.00 bits per heavy atom. The lowest BCUT2D eigenvalue weighted by Crippen LogP contribution is -2.24. The lowest BCUT2D eigenvalue weighted by Gasteiger charge is -2.20. The number of rotatable bonds is 2. The molecule has 4 heterocycles. The summed E-state index contributed by atoms with van der Waals surface area (Å²) in [5, 5.41) is 1.15. The van der Waals surface area contributed by atoms with Crippen molar-refractivity contribution in [3.8, 4) is 11.3 Å². The third-order valence-electron chi connectivity index (χ3n) is 5.25. The highest BCUT2D eigenvalue weighted by molar-refractivity contribution is 5.92. The fraction of sp³-hybridized carbons (Fsp3) is 0.238. The molecule has 2 aromatic heterocycles. The first-order valence-electron chi connectivity index (χ1n) is 8.74. The number of nitrogens with zero attached hydrogens (tertiary/aromatic N) is 4. The van der Waals surface area contributed by atoms with E-state index in [1.807, 2.05) is 18.5 Å².